The van der Waals surface area contributed by atoms with Gasteiger partial charge in [-0.15, -0.1) is 6.58 Å². The van der Waals surface area contributed by atoms with Crippen LogP contribution >= 0.6 is 0 Å². The average molecular weight is 265 g/mol. The zero-order valence-corrected chi connectivity index (χ0v) is 10.9. The maximum absolute atomic E-state index is 12.3. The van der Waals surface area contributed by atoms with Gasteiger partial charge in [0.05, 0.1) is 12.0 Å². The van der Waals surface area contributed by atoms with Crippen molar-refractivity contribution in [1.29, 1.82) is 0 Å². The largest absolute Gasteiger partial charge is 0.508 e. The van der Waals surface area contributed by atoms with Gasteiger partial charge in [0.2, 0.25) is 5.91 Å². The van der Waals surface area contributed by atoms with E-state index < -0.39 is 0 Å². The predicted octanol–water partition coefficient (Wildman–Crippen LogP) is 3.28. The number of anilines is 1. The highest BCUT2D eigenvalue weighted by Gasteiger charge is 2.46. The van der Waals surface area contributed by atoms with E-state index in [1.165, 1.54) is 0 Å². The SMILES string of the molecule is C=C[C@H]1C(=O)N(c2ccc(O)cc2)[C@@H]1c1ccccc1. The van der Waals surface area contributed by atoms with Gasteiger partial charge in [0.25, 0.3) is 0 Å². The smallest absolute Gasteiger partial charge is 0.236 e. The van der Waals surface area contributed by atoms with Crippen molar-refractivity contribution < 1.29 is 9.90 Å². The third kappa shape index (κ3) is 1.88. The van der Waals surface area contributed by atoms with Crippen molar-refractivity contribution in [2.24, 2.45) is 5.92 Å². The van der Waals surface area contributed by atoms with E-state index in [1.807, 2.05) is 30.3 Å². The highest BCUT2D eigenvalue weighted by atomic mass is 16.3. The lowest BCUT2D eigenvalue weighted by Gasteiger charge is -2.46. The minimum atomic E-state index is -0.189. The van der Waals surface area contributed by atoms with Gasteiger partial charge in [-0.1, -0.05) is 36.4 Å². The molecule has 0 aromatic heterocycles. The average Bonchev–Trinajstić information content (AvgIpc) is 2.48. The molecule has 1 fully saturated rings. The number of carbonyl (C=O) groups is 1. The van der Waals surface area contributed by atoms with Gasteiger partial charge in [0.1, 0.15) is 5.75 Å². The molecule has 3 rings (SSSR count). The fourth-order valence-electron chi connectivity index (χ4n) is 2.65. The maximum atomic E-state index is 12.3. The summed E-state index contributed by atoms with van der Waals surface area (Å²) in [6.07, 6.45) is 1.71. The molecule has 1 aliphatic rings. The van der Waals surface area contributed by atoms with Gasteiger partial charge in [-0.2, -0.15) is 0 Å². The van der Waals surface area contributed by atoms with Crippen LogP contribution in [0.3, 0.4) is 0 Å². The molecule has 1 heterocycles. The molecule has 0 unspecified atom stereocenters. The molecule has 0 radical (unpaired) electrons. The van der Waals surface area contributed by atoms with Gasteiger partial charge in [-0.05, 0) is 29.8 Å². The second kappa shape index (κ2) is 4.85. The van der Waals surface area contributed by atoms with E-state index in [2.05, 4.69) is 6.58 Å². The molecular weight excluding hydrogens is 250 g/mol. The van der Waals surface area contributed by atoms with Gasteiger partial charge in [-0.25, -0.2) is 0 Å². The van der Waals surface area contributed by atoms with Crippen molar-refractivity contribution in [3.05, 3.63) is 72.8 Å². The monoisotopic (exact) mass is 265 g/mol. The fraction of sp³-hybridized carbons (Fsp3) is 0.118. The first-order valence-corrected chi connectivity index (χ1v) is 6.52. The quantitative estimate of drug-likeness (QED) is 0.683. The Balaban J connectivity index is 1.99. The first-order valence-electron chi connectivity index (χ1n) is 6.52. The molecule has 0 bridgehead atoms. The van der Waals surface area contributed by atoms with Crippen LogP contribution < -0.4 is 4.90 Å². The first kappa shape index (κ1) is 12.5. The van der Waals surface area contributed by atoms with Crippen LogP contribution in [0.1, 0.15) is 11.6 Å². The van der Waals surface area contributed by atoms with Crippen LogP contribution in [0.15, 0.2) is 67.3 Å². The Bertz CT molecular complexity index is 634. The normalized spacial score (nSPS) is 21.4. The Labute approximate surface area is 117 Å². The number of phenols is 1. The van der Waals surface area contributed by atoms with Crippen LogP contribution in [0.5, 0.6) is 5.75 Å². The highest BCUT2D eigenvalue weighted by molar-refractivity contribution is 6.04. The molecule has 0 saturated carbocycles. The number of phenolic OH excluding ortho intramolecular Hbond substituents is 1. The van der Waals surface area contributed by atoms with Crippen LogP contribution in [-0.2, 0) is 4.79 Å². The zero-order valence-electron chi connectivity index (χ0n) is 10.9. The zero-order chi connectivity index (χ0) is 14.1. The van der Waals surface area contributed by atoms with Crippen molar-refractivity contribution in [3.63, 3.8) is 0 Å². The molecule has 100 valence electrons. The molecule has 2 aromatic carbocycles. The molecular formula is C17H15NO2. The molecule has 1 saturated heterocycles. The van der Waals surface area contributed by atoms with Crippen molar-refractivity contribution in [2.75, 3.05) is 4.90 Å². The van der Waals surface area contributed by atoms with E-state index >= 15 is 0 Å². The van der Waals surface area contributed by atoms with Crippen LogP contribution in [-0.4, -0.2) is 11.0 Å². The van der Waals surface area contributed by atoms with E-state index in [4.69, 9.17) is 0 Å². The number of aromatic hydroxyl groups is 1. The second-order valence-corrected chi connectivity index (χ2v) is 4.84. The molecule has 1 amide bonds. The van der Waals surface area contributed by atoms with E-state index in [0.717, 1.165) is 11.3 Å². The molecule has 0 aliphatic carbocycles. The van der Waals surface area contributed by atoms with Gasteiger partial charge in [-0.3, -0.25) is 4.79 Å². The predicted molar refractivity (Wildman–Crippen MR) is 78.5 cm³/mol. The summed E-state index contributed by atoms with van der Waals surface area (Å²) in [6.45, 7) is 3.76. The van der Waals surface area contributed by atoms with Gasteiger partial charge in [0.15, 0.2) is 0 Å². The van der Waals surface area contributed by atoms with Crippen LogP contribution in [0.4, 0.5) is 5.69 Å². The van der Waals surface area contributed by atoms with Crippen LogP contribution in [0, 0.1) is 5.92 Å². The molecule has 0 spiro atoms. The Morgan fingerprint density at radius 2 is 1.70 bits per heavy atom. The van der Waals surface area contributed by atoms with E-state index in [0.29, 0.717) is 0 Å². The number of hydrogen-bond acceptors (Lipinski definition) is 2. The van der Waals surface area contributed by atoms with E-state index in [9.17, 15) is 9.90 Å². The lowest BCUT2D eigenvalue weighted by atomic mass is 9.82. The van der Waals surface area contributed by atoms with Gasteiger partial charge < -0.3 is 10.0 Å². The minimum absolute atomic E-state index is 0.0225. The minimum Gasteiger partial charge on any atom is -0.508 e. The number of hydrogen-bond donors (Lipinski definition) is 1. The van der Waals surface area contributed by atoms with Crippen molar-refractivity contribution >= 4 is 11.6 Å². The van der Waals surface area contributed by atoms with Crippen molar-refractivity contribution in [2.45, 2.75) is 6.04 Å². The third-order valence-electron chi connectivity index (χ3n) is 3.66. The Morgan fingerprint density at radius 3 is 2.30 bits per heavy atom. The number of rotatable bonds is 3. The fourth-order valence-corrected chi connectivity index (χ4v) is 2.65. The molecule has 2 atom stereocenters. The Morgan fingerprint density at radius 1 is 1.05 bits per heavy atom. The Hall–Kier alpha value is -2.55. The summed E-state index contributed by atoms with van der Waals surface area (Å²) in [5.74, 6) is 0.0454. The van der Waals surface area contributed by atoms with Gasteiger partial charge in [0, 0.05) is 5.69 Å². The topological polar surface area (TPSA) is 40.5 Å². The van der Waals surface area contributed by atoms with Gasteiger partial charge >= 0.3 is 0 Å². The summed E-state index contributed by atoms with van der Waals surface area (Å²) in [6, 6.07) is 16.6. The van der Waals surface area contributed by atoms with E-state index in [-0.39, 0.29) is 23.6 Å². The summed E-state index contributed by atoms with van der Waals surface area (Å²) in [7, 11) is 0. The lowest BCUT2D eigenvalue weighted by molar-refractivity contribution is -0.128. The molecule has 20 heavy (non-hydrogen) atoms. The summed E-state index contributed by atoms with van der Waals surface area (Å²) < 4.78 is 0. The standard InChI is InChI=1S/C17H15NO2/c1-2-15-16(12-6-4-3-5-7-12)18(17(15)20)13-8-10-14(19)11-9-13/h2-11,15-16,19H,1H2/t15-,16-/m1/s1. The molecule has 3 heteroatoms. The number of amides is 1. The van der Waals surface area contributed by atoms with Crippen molar-refractivity contribution in [1.82, 2.24) is 0 Å². The summed E-state index contributed by atoms with van der Waals surface area (Å²) in [4.78, 5) is 14.0. The number of nitrogens with zero attached hydrogens (tertiary/aromatic N) is 1. The highest BCUT2D eigenvalue weighted by Crippen LogP contribution is 2.44. The molecule has 2 aromatic rings. The number of β-lactam (4-membered cyclic amide) rings is 1. The summed E-state index contributed by atoms with van der Waals surface area (Å²) in [5.41, 5.74) is 1.88. The number of benzene rings is 2. The third-order valence-corrected chi connectivity index (χ3v) is 3.66. The molecule has 1 aliphatic heterocycles. The summed E-state index contributed by atoms with van der Waals surface area (Å²) >= 11 is 0. The van der Waals surface area contributed by atoms with E-state index in [1.54, 1.807) is 35.2 Å². The van der Waals surface area contributed by atoms with Crippen LogP contribution in [0.2, 0.25) is 0 Å². The maximum Gasteiger partial charge on any atom is 0.236 e. The number of carbonyl (C=O) groups excluding carboxylic acids is 1. The molecule has 3 nitrogen and oxygen atoms in total. The second-order valence-electron chi connectivity index (χ2n) is 4.84. The summed E-state index contributed by atoms with van der Waals surface area (Å²) in [5, 5.41) is 9.36. The lowest BCUT2D eigenvalue weighted by Crippen LogP contribution is -2.54. The molecule has 1 N–H and O–H groups in total. The van der Waals surface area contributed by atoms with Crippen molar-refractivity contribution in [3.8, 4) is 5.75 Å². The van der Waals surface area contributed by atoms with Crippen LogP contribution in [0.25, 0.3) is 0 Å². The first-order chi connectivity index (χ1) is 9.72. The Kier molecular flexibility index (Phi) is 3.03.